The van der Waals surface area contributed by atoms with Gasteiger partial charge in [0, 0.05) is 31.6 Å². The summed E-state index contributed by atoms with van der Waals surface area (Å²) in [6, 6.07) is 1.69. The van der Waals surface area contributed by atoms with Crippen molar-refractivity contribution in [1.82, 2.24) is 15.4 Å². The molecule has 7 nitrogen and oxygen atoms in total. The first-order valence-corrected chi connectivity index (χ1v) is 8.03. The Morgan fingerprint density at radius 3 is 2.70 bits per heavy atom. The molecule has 0 aromatic carbocycles. The highest BCUT2D eigenvalue weighted by Gasteiger charge is 2.29. The van der Waals surface area contributed by atoms with Crippen molar-refractivity contribution in [2.24, 2.45) is 0 Å². The van der Waals surface area contributed by atoms with Gasteiger partial charge < -0.3 is 19.5 Å². The van der Waals surface area contributed by atoms with Gasteiger partial charge in [-0.15, -0.1) is 0 Å². The Morgan fingerprint density at radius 1 is 1.43 bits per heavy atom. The van der Waals surface area contributed by atoms with Crippen molar-refractivity contribution in [3.63, 3.8) is 0 Å². The zero-order valence-corrected chi connectivity index (χ0v) is 14.2. The Balaban J connectivity index is 1.77. The van der Waals surface area contributed by atoms with Crippen LogP contribution in [0, 0.1) is 0 Å². The molecule has 2 rings (SSSR count). The van der Waals surface area contributed by atoms with Crippen molar-refractivity contribution in [2.75, 3.05) is 19.6 Å². The van der Waals surface area contributed by atoms with Crippen LogP contribution >= 0.6 is 0 Å². The molecule has 1 heterocycles. The van der Waals surface area contributed by atoms with Gasteiger partial charge in [-0.3, -0.25) is 4.79 Å². The molecule has 1 fully saturated rings. The van der Waals surface area contributed by atoms with Crippen molar-refractivity contribution in [3.8, 4) is 0 Å². The predicted molar refractivity (Wildman–Crippen MR) is 84.3 cm³/mol. The molecule has 0 saturated heterocycles. The topological polar surface area (TPSA) is 84.7 Å². The van der Waals surface area contributed by atoms with Crippen LogP contribution in [0.2, 0.25) is 0 Å². The number of rotatable bonds is 6. The molecule has 1 saturated carbocycles. The van der Waals surface area contributed by atoms with Crippen LogP contribution in [0.5, 0.6) is 0 Å². The van der Waals surface area contributed by atoms with E-state index >= 15 is 0 Å². The van der Waals surface area contributed by atoms with Gasteiger partial charge in [0.25, 0.3) is 5.91 Å². The third-order valence-electron chi connectivity index (χ3n) is 3.44. The molecule has 0 radical (unpaired) electrons. The lowest BCUT2D eigenvalue weighted by molar-refractivity contribution is 0.0260. The second-order valence-electron chi connectivity index (χ2n) is 6.70. The Hall–Kier alpha value is -2.05. The van der Waals surface area contributed by atoms with Gasteiger partial charge in [-0.05, 0) is 40.5 Å². The maximum atomic E-state index is 12.0. The fraction of sp³-hybridized carbons (Fsp3) is 0.688. The molecule has 23 heavy (non-hydrogen) atoms. The van der Waals surface area contributed by atoms with Crippen molar-refractivity contribution in [2.45, 2.75) is 52.1 Å². The predicted octanol–water partition coefficient (Wildman–Crippen LogP) is 2.54. The van der Waals surface area contributed by atoms with Crippen LogP contribution in [0.15, 0.2) is 10.6 Å². The molecule has 1 aromatic rings. The second kappa shape index (κ2) is 7.02. The third-order valence-corrected chi connectivity index (χ3v) is 3.44. The van der Waals surface area contributed by atoms with Crippen LogP contribution < -0.4 is 5.32 Å². The molecule has 2 amide bonds. The molecule has 0 spiro atoms. The lowest BCUT2D eigenvalue weighted by Gasteiger charge is -2.26. The van der Waals surface area contributed by atoms with Crippen molar-refractivity contribution in [3.05, 3.63) is 17.5 Å². The number of hydrogen-bond acceptors (Lipinski definition) is 5. The summed E-state index contributed by atoms with van der Waals surface area (Å²) >= 11 is 0. The highest BCUT2D eigenvalue weighted by atomic mass is 16.6. The molecular formula is C16H25N3O4. The van der Waals surface area contributed by atoms with E-state index in [-0.39, 0.29) is 17.7 Å². The maximum absolute atomic E-state index is 12.0. The number of ether oxygens (including phenoxy) is 1. The number of aromatic nitrogens is 1. The maximum Gasteiger partial charge on any atom is 0.410 e. The first-order chi connectivity index (χ1) is 10.8. The molecular weight excluding hydrogens is 298 g/mol. The van der Waals surface area contributed by atoms with E-state index in [4.69, 9.17) is 9.26 Å². The minimum absolute atomic E-state index is 0.284. The largest absolute Gasteiger partial charge is 0.444 e. The highest BCUT2D eigenvalue weighted by Crippen LogP contribution is 2.40. The standard InChI is InChI=1S/C16H25N3O4/c1-5-19(15(21)22-16(2,3)4)9-8-17-14(20)12-10-13(23-18-12)11-6-7-11/h10-11H,5-9H2,1-4H3,(H,17,20). The Bertz CT molecular complexity index is 558. The monoisotopic (exact) mass is 323 g/mol. The number of likely N-dealkylation sites (N-methyl/N-ethyl adjacent to an activating group) is 1. The number of hydrogen-bond donors (Lipinski definition) is 1. The van der Waals surface area contributed by atoms with Gasteiger partial charge in [0.1, 0.15) is 11.4 Å². The number of carbonyl (C=O) groups is 2. The molecule has 1 aliphatic carbocycles. The van der Waals surface area contributed by atoms with Crippen molar-refractivity contribution < 1.29 is 18.8 Å². The highest BCUT2D eigenvalue weighted by molar-refractivity contribution is 5.92. The van der Waals surface area contributed by atoms with E-state index in [0.29, 0.717) is 25.6 Å². The van der Waals surface area contributed by atoms with Crippen LogP contribution in [-0.4, -0.2) is 47.3 Å². The smallest absolute Gasteiger partial charge is 0.410 e. The first kappa shape index (κ1) is 17.3. The van der Waals surface area contributed by atoms with Crippen LogP contribution in [0.3, 0.4) is 0 Å². The minimum Gasteiger partial charge on any atom is -0.444 e. The van der Waals surface area contributed by atoms with Gasteiger partial charge in [-0.1, -0.05) is 5.16 Å². The molecule has 7 heteroatoms. The van der Waals surface area contributed by atoms with E-state index in [1.165, 1.54) is 0 Å². The molecule has 0 unspecified atom stereocenters. The number of nitrogens with zero attached hydrogens (tertiary/aromatic N) is 2. The average molecular weight is 323 g/mol. The first-order valence-electron chi connectivity index (χ1n) is 8.03. The van der Waals surface area contributed by atoms with E-state index < -0.39 is 5.60 Å². The van der Waals surface area contributed by atoms with Gasteiger partial charge in [0.15, 0.2) is 5.69 Å². The minimum atomic E-state index is -0.534. The Kier molecular flexibility index (Phi) is 5.28. The van der Waals surface area contributed by atoms with E-state index in [1.54, 1.807) is 11.0 Å². The lowest BCUT2D eigenvalue weighted by atomic mass is 10.2. The van der Waals surface area contributed by atoms with E-state index in [0.717, 1.165) is 18.6 Å². The fourth-order valence-electron chi connectivity index (χ4n) is 2.06. The van der Waals surface area contributed by atoms with Crippen molar-refractivity contribution >= 4 is 12.0 Å². The van der Waals surface area contributed by atoms with E-state index in [1.807, 2.05) is 27.7 Å². The molecule has 1 aliphatic rings. The van der Waals surface area contributed by atoms with Gasteiger partial charge in [-0.2, -0.15) is 0 Å². The zero-order valence-electron chi connectivity index (χ0n) is 14.2. The normalized spacial score (nSPS) is 14.4. The van der Waals surface area contributed by atoms with Gasteiger partial charge in [0.2, 0.25) is 0 Å². The summed E-state index contributed by atoms with van der Waals surface area (Å²) in [4.78, 5) is 25.5. The average Bonchev–Trinajstić information content (AvgIpc) is 3.18. The third kappa shape index (κ3) is 5.26. The van der Waals surface area contributed by atoms with Gasteiger partial charge in [0.05, 0.1) is 0 Å². The van der Waals surface area contributed by atoms with E-state index in [2.05, 4.69) is 10.5 Å². The molecule has 0 atom stereocenters. The van der Waals surface area contributed by atoms with E-state index in [9.17, 15) is 9.59 Å². The quantitative estimate of drug-likeness (QED) is 0.869. The number of carbonyl (C=O) groups excluding carboxylic acids is 2. The van der Waals surface area contributed by atoms with Crippen LogP contribution in [0.25, 0.3) is 0 Å². The Morgan fingerprint density at radius 2 is 2.13 bits per heavy atom. The summed E-state index contributed by atoms with van der Waals surface area (Å²) < 4.78 is 10.5. The second-order valence-corrected chi connectivity index (χ2v) is 6.70. The molecule has 1 aromatic heterocycles. The molecule has 128 valence electrons. The van der Waals surface area contributed by atoms with Gasteiger partial charge in [-0.25, -0.2) is 4.79 Å². The summed E-state index contributed by atoms with van der Waals surface area (Å²) in [6.07, 6.45) is 1.81. The lowest BCUT2D eigenvalue weighted by Crippen LogP contribution is -2.41. The Labute approximate surface area is 136 Å². The molecule has 0 bridgehead atoms. The summed E-state index contributed by atoms with van der Waals surface area (Å²) in [5, 5.41) is 6.53. The van der Waals surface area contributed by atoms with Crippen LogP contribution in [0.4, 0.5) is 4.79 Å². The number of nitrogens with one attached hydrogen (secondary N) is 1. The summed E-state index contributed by atoms with van der Waals surface area (Å²) in [5.41, 5.74) is -0.250. The van der Waals surface area contributed by atoms with Crippen molar-refractivity contribution in [1.29, 1.82) is 0 Å². The molecule has 1 N–H and O–H groups in total. The van der Waals surface area contributed by atoms with Gasteiger partial charge >= 0.3 is 6.09 Å². The summed E-state index contributed by atoms with van der Waals surface area (Å²) in [7, 11) is 0. The summed E-state index contributed by atoms with van der Waals surface area (Å²) in [6.45, 7) is 8.56. The zero-order chi connectivity index (χ0) is 17.0. The number of amides is 2. The fourth-order valence-corrected chi connectivity index (χ4v) is 2.06. The summed E-state index contributed by atoms with van der Waals surface area (Å²) in [5.74, 6) is 0.909. The SMILES string of the molecule is CCN(CCNC(=O)c1cc(C2CC2)on1)C(=O)OC(C)(C)C. The van der Waals surface area contributed by atoms with Crippen LogP contribution in [0.1, 0.15) is 62.7 Å². The molecule has 0 aliphatic heterocycles. The van der Waals surface area contributed by atoms with Crippen LogP contribution in [-0.2, 0) is 4.74 Å².